The second kappa shape index (κ2) is 4.66. The summed E-state index contributed by atoms with van der Waals surface area (Å²) in [5.41, 5.74) is 4.59. The van der Waals surface area contributed by atoms with Gasteiger partial charge in [-0.2, -0.15) is 0 Å². The van der Waals surface area contributed by atoms with Crippen LogP contribution in [0.3, 0.4) is 0 Å². The molecular formula is C13H18N2O. The molecule has 0 radical (unpaired) electrons. The van der Waals surface area contributed by atoms with Crippen LogP contribution in [0.4, 0.5) is 5.69 Å². The Kier molecular flexibility index (Phi) is 3.25. The van der Waals surface area contributed by atoms with Crippen molar-refractivity contribution in [3.05, 3.63) is 29.8 Å². The first-order chi connectivity index (χ1) is 7.74. The van der Waals surface area contributed by atoms with Crippen LogP contribution < -0.4 is 11.3 Å². The van der Waals surface area contributed by atoms with Crippen LogP contribution in [0.25, 0.3) is 0 Å². The quantitative estimate of drug-likeness (QED) is 0.592. The Morgan fingerprint density at radius 1 is 1.31 bits per heavy atom. The SMILES string of the molecule is CC1CCCC(c2ccccc2NN)C1=O. The number of anilines is 1. The maximum atomic E-state index is 12.1. The maximum absolute atomic E-state index is 12.1. The number of para-hydroxylation sites is 1. The topological polar surface area (TPSA) is 55.1 Å². The second-order valence-corrected chi connectivity index (χ2v) is 4.52. The number of nitrogens with one attached hydrogen (secondary N) is 1. The molecule has 0 saturated heterocycles. The van der Waals surface area contributed by atoms with Gasteiger partial charge in [-0.3, -0.25) is 10.6 Å². The van der Waals surface area contributed by atoms with Gasteiger partial charge in [0.15, 0.2) is 0 Å². The van der Waals surface area contributed by atoms with Crippen LogP contribution in [0.2, 0.25) is 0 Å². The molecule has 1 aromatic rings. The van der Waals surface area contributed by atoms with Gasteiger partial charge in [-0.1, -0.05) is 31.5 Å². The molecule has 3 nitrogen and oxygen atoms in total. The number of Topliss-reactive ketones (excluding diaryl/α,β-unsaturated/α-hetero) is 1. The predicted octanol–water partition coefficient (Wildman–Crippen LogP) is 2.44. The van der Waals surface area contributed by atoms with E-state index in [-0.39, 0.29) is 11.8 Å². The summed E-state index contributed by atoms with van der Waals surface area (Å²) >= 11 is 0. The highest BCUT2D eigenvalue weighted by molar-refractivity contribution is 5.89. The van der Waals surface area contributed by atoms with Crippen LogP contribution in [0, 0.1) is 5.92 Å². The highest BCUT2D eigenvalue weighted by Crippen LogP contribution is 2.35. The number of hydrazine groups is 1. The van der Waals surface area contributed by atoms with Gasteiger partial charge in [0.25, 0.3) is 0 Å². The van der Waals surface area contributed by atoms with E-state index in [4.69, 9.17) is 5.84 Å². The highest BCUT2D eigenvalue weighted by atomic mass is 16.1. The minimum atomic E-state index is 0.0241. The molecule has 0 spiro atoms. The molecule has 3 heteroatoms. The fourth-order valence-corrected chi connectivity index (χ4v) is 2.50. The predicted molar refractivity (Wildman–Crippen MR) is 65.0 cm³/mol. The van der Waals surface area contributed by atoms with Gasteiger partial charge >= 0.3 is 0 Å². The van der Waals surface area contributed by atoms with Crippen LogP contribution in [-0.4, -0.2) is 5.78 Å². The number of hydrogen-bond donors (Lipinski definition) is 2. The van der Waals surface area contributed by atoms with Crippen molar-refractivity contribution in [3.8, 4) is 0 Å². The number of carbonyl (C=O) groups is 1. The van der Waals surface area contributed by atoms with E-state index in [0.717, 1.165) is 30.5 Å². The lowest BCUT2D eigenvalue weighted by atomic mass is 9.77. The minimum absolute atomic E-state index is 0.0241. The van der Waals surface area contributed by atoms with Gasteiger partial charge in [0.1, 0.15) is 5.78 Å². The molecule has 16 heavy (non-hydrogen) atoms. The third-order valence-corrected chi connectivity index (χ3v) is 3.45. The van der Waals surface area contributed by atoms with Crippen LogP contribution in [0.15, 0.2) is 24.3 Å². The number of ketones is 1. The van der Waals surface area contributed by atoms with Crippen molar-refractivity contribution < 1.29 is 4.79 Å². The van der Waals surface area contributed by atoms with E-state index in [1.165, 1.54) is 0 Å². The van der Waals surface area contributed by atoms with Gasteiger partial charge in [0.05, 0.1) is 5.69 Å². The molecule has 2 atom stereocenters. The summed E-state index contributed by atoms with van der Waals surface area (Å²) < 4.78 is 0. The molecule has 86 valence electrons. The molecule has 0 aliphatic heterocycles. The minimum Gasteiger partial charge on any atom is -0.324 e. The lowest BCUT2D eigenvalue weighted by molar-refractivity contribution is -0.125. The molecule has 1 fully saturated rings. The zero-order valence-corrected chi connectivity index (χ0v) is 9.57. The van der Waals surface area contributed by atoms with Gasteiger partial charge in [-0.05, 0) is 24.5 Å². The van der Waals surface area contributed by atoms with Gasteiger partial charge in [-0.25, -0.2) is 0 Å². The van der Waals surface area contributed by atoms with Crippen molar-refractivity contribution in [1.82, 2.24) is 0 Å². The molecule has 1 aliphatic rings. The monoisotopic (exact) mass is 218 g/mol. The summed E-state index contributed by atoms with van der Waals surface area (Å²) in [6.07, 6.45) is 3.09. The van der Waals surface area contributed by atoms with Gasteiger partial charge in [0, 0.05) is 11.8 Å². The Hall–Kier alpha value is -1.35. The Bertz CT molecular complexity index is 389. The summed E-state index contributed by atoms with van der Waals surface area (Å²) in [5.74, 6) is 6.04. The molecule has 0 aromatic heterocycles. The maximum Gasteiger partial charge on any atom is 0.143 e. The Morgan fingerprint density at radius 2 is 2.06 bits per heavy atom. The van der Waals surface area contributed by atoms with Crippen molar-refractivity contribution >= 4 is 11.5 Å². The van der Waals surface area contributed by atoms with Crippen LogP contribution >= 0.6 is 0 Å². The largest absolute Gasteiger partial charge is 0.324 e. The summed E-state index contributed by atoms with van der Waals surface area (Å²) in [4.78, 5) is 12.1. The zero-order valence-electron chi connectivity index (χ0n) is 9.57. The van der Waals surface area contributed by atoms with Crippen molar-refractivity contribution in [1.29, 1.82) is 0 Å². The molecular weight excluding hydrogens is 200 g/mol. The van der Waals surface area contributed by atoms with E-state index in [0.29, 0.717) is 5.78 Å². The van der Waals surface area contributed by atoms with E-state index >= 15 is 0 Å². The van der Waals surface area contributed by atoms with E-state index in [9.17, 15) is 4.79 Å². The average molecular weight is 218 g/mol. The van der Waals surface area contributed by atoms with Crippen molar-refractivity contribution in [2.75, 3.05) is 5.43 Å². The summed E-state index contributed by atoms with van der Waals surface area (Å²) in [6, 6.07) is 7.80. The van der Waals surface area contributed by atoms with Gasteiger partial charge < -0.3 is 5.43 Å². The lowest BCUT2D eigenvalue weighted by Gasteiger charge is -2.27. The van der Waals surface area contributed by atoms with Crippen molar-refractivity contribution in [3.63, 3.8) is 0 Å². The highest BCUT2D eigenvalue weighted by Gasteiger charge is 2.30. The van der Waals surface area contributed by atoms with Crippen LogP contribution in [0.1, 0.15) is 37.7 Å². The number of rotatable bonds is 2. The van der Waals surface area contributed by atoms with E-state index in [1.807, 2.05) is 31.2 Å². The molecule has 3 N–H and O–H groups in total. The standard InChI is InChI=1S/C13H18N2O/c1-9-5-4-7-11(13(9)16)10-6-2-3-8-12(10)15-14/h2-3,6,8-9,11,15H,4-5,7,14H2,1H3. The molecule has 0 bridgehead atoms. The number of nitrogens with two attached hydrogens (primary N) is 1. The summed E-state index contributed by atoms with van der Waals surface area (Å²) in [5, 5.41) is 0. The molecule has 1 aromatic carbocycles. The smallest absolute Gasteiger partial charge is 0.143 e. The number of hydrogen-bond acceptors (Lipinski definition) is 3. The third-order valence-electron chi connectivity index (χ3n) is 3.45. The molecule has 0 amide bonds. The van der Waals surface area contributed by atoms with E-state index in [2.05, 4.69) is 5.43 Å². The first-order valence-electron chi connectivity index (χ1n) is 5.83. The molecule has 2 unspecified atom stereocenters. The van der Waals surface area contributed by atoms with Crippen molar-refractivity contribution in [2.45, 2.75) is 32.1 Å². The van der Waals surface area contributed by atoms with Gasteiger partial charge in [-0.15, -0.1) is 0 Å². The lowest BCUT2D eigenvalue weighted by Crippen LogP contribution is -2.26. The molecule has 2 rings (SSSR count). The molecule has 0 heterocycles. The summed E-state index contributed by atoms with van der Waals surface area (Å²) in [7, 11) is 0. The van der Waals surface area contributed by atoms with Crippen molar-refractivity contribution in [2.24, 2.45) is 11.8 Å². The normalized spacial score (nSPS) is 25.5. The first kappa shape index (κ1) is 11.1. The number of carbonyl (C=O) groups excluding carboxylic acids is 1. The molecule has 1 saturated carbocycles. The fourth-order valence-electron chi connectivity index (χ4n) is 2.50. The van der Waals surface area contributed by atoms with Gasteiger partial charge in [0.2, 0.25) is 0 Å². The van der Waals surface area contributed by atoms with Crippen LogP contribution in [-0.2, 0) is 4.79 Å². The average Bonchev–Trinajstić information content (AvgIpc) is 2.33. The van der Waals surface area contributed by atoms with E-state index in [1.54, 1.807) is 0 Å². The first-order valence-corrected chi connectivity index (χ1v) is 5.83. The Labute approximate surface area is 96.0 Å². The Balaban J connectivity index is 2.32. The third kappa shape index (κ3) is 1.95. The second-order valence-electron chi connectivity index (χ2n) is 4.52. The molecule has 1 aliphatic carbocycles. The number of benzene rings is 1. The number of nitrogen functional groups attached to an aromatic ring is 1. The zero-order chi connectivity index (χ0) is 11.5. The van der Waals surface area contributed by atoms with E-state index < -0.39 is 0 Å². The summed E-state index contributed by atoms with van der Waals surface area (Å²) in [6.45, 7) is 2.02. The van der Waals surface area contributed by atoms with Crippen LogP contribution in [0.5, 0.6) is 0 Å². The Morgan fingerprint density at radius 3 is 2.81 bits per heavy atom. The fraction of sp³-hybridized carbons (Fsp3) is 0.462.